The predicted octanol–water partition coefficient (Wildman–Crippen LogP) is 2.18. The number of carbonyl (C=O) groups excluding carboxylic acids is 2. The van der Waals surface area contributed by atoms with Gasteiger partial charge in [0.1, 0.15) is 5.82 Å². The Bertz CT molecular complexity index is 630. The van der Waals surface area contributed by atoms with Gasteiger partial charge in [0, 0.05) is 32.1 Å². The van der Waals surface area contributed by atoms with Crippen molar-refractivity contribution in [3.05, 3.63) is 34.6 Å². The van der Waals surface area contributed by atoms with E-state index in [-0.39, 0.29) is 35.2 Å². The van der Waals surface area contributed by atoms with Crippen LogP contribution in [0.3, 0.4) is 0 Å². The van der Waals surface area contributed by atoms with Crippen molar-refractivity contribution < 1.29 is 14.0 Å². The van der Waals surface area contributed by atoms with Crippen LogP contribution in [0.5, 0.6) is 0 Å². The molecule has 2 aliphatic heterocycles. The summed E-state index contributed by atoms with van der Waals surface area (Å²) in [4.78, 5) is 28.6. The Morgan fingerprint density at radius 2 is 1.68 bits per heavy atom. The SMILES string of the molecule is Cl.O=C(c1ccc(F)cc1Cl)N1CCN(C(=O)C2CCNCC2)CC1. The van der Waals surface area contributed by atoms with Crippen molar-refractivity contribution in [2.24, 2.45) is 5.92 Å². The van der Waals surface area contributed by atoms with Crippen LogP contribution in [-0.2, 0) is 4.79 Å². The highest BCUT2D eigenvalue weighted by Gasteiger charge is 2.30. The fourth-order valence-electron chi connectivity index (χ4n) is 3.29. The Labute approximate surface area is 157 Å². The van der Waals surface area contributed by atoms with Crippen LogP contribution in [-0.4, -0.2) is 60.9 Å². The minimum absolute atomic E-state index is 0. The van der Waals surface area contributed by atoms with Crippen LogP contribution in [0.1, 0.15) is 23.2 Å². The van der Waals surface area contributed by atoms with E-state index in [1.54, 1.807) is 4.90 Å². The molecule has 0 aromatic heterocycles. The number of piperazine rings is 1. The molecule has 0 spiro atoms. The van der Waals surface area contributed by atoms with E-state index < -0.39 is 5.82 Å². The summed E-state index contributed by atoms with van der Waals surface area (Å²) in [5.41, 5.74) is 0.302. The van der Waals surface area contributed by atoms with Crippen LogP contribution in [0, 0.1) is 11.7 Å². The van der Waals surface area contributed by atoms with Crippen molar-refractivity contribution in [3.8, 4) is 0 Å². The molecule has 1 N–H and O–H groups in total. The highest BCUT2D eigenvalue weighted by molar-refractivity contribution is 6.33. The van der Waals surface area contributed by atoms with E-state index in [1.807, 2.05) is 4.90 Å². The molecule has 2 heterocycles. The number of carbonyl (C=O) groups is 2. The van der Waals surface area contributed by atoms with Crippen molar-refractivity contribution in [1.29, 1.82) is 0 Å². The second-order valence-electron chi connectivity index (χ2n) is 6.27. The average molecular weight is 390 g/mol. The molecule has 25 heavy (non-hydrogen) atoms. The molecule has 0 atom stereocenters. The first-order valence-electron chi connectivity index (χ1n) is 8.30. The smallest absolute Gasteiger partial charge is 0.255 e. The van der Waals surface area contributed by atoms with Crippen LogP contribution in [0.25, 0.3) is 0 Å². The molecular formula is C17H22Cl2FN3O2. The van der Waals surface area contributed by atoms with Gasteiger partial charge in [-0.15, -0.1) is 12.4 Å². The lowest BCUT2D eigenvalue weighted by molar-refractivity contribution is -0.137. The maximum atomic E-state index is 13.1. The Morgan fingerprint density at radius 3 is 2.28 bits per heavy atom. The van der Waals surface area contributed by atoms with E-state index in [2.05, 4.69) is 5.32 Å². The fraction of sp³-hybridized carbons (Fsp3) is 0.529. The molecule has 5 nitrogen and oxygen atoms in total. The Morgan fingerprint density at radius 1 is 1.08 bits per heavy atom. The molecule has 8 heteroatoms. The summed E-state index contributed by atoms with van der Waals surface area (Å²) < 4.78 is 13.1. The molecule has 0 unspecified atom stereocenters. The van der Waals surface area contributed by atoms with Crippen LogP contribution < -0.4 is 5.32 Å². The number of nitrogens with one attached hydrogen (secondary N) is 1. The summed E-state index contributed by atoms with van der Waals surface area (Å²) in [7, 11) is 0. The zero-order chi connectivity index (χ0) is 17.1. The number of hydrogen-bond acceptors (Lipinski definition) is 3. The monoisotopic (exact) mass is 389 g/mol. The summed E-state index contributed by atoms with van der Waals surface area (Å²) in [6.07, 6.45) is 1.76. The third-order valence-corrected chi connectivity index (χ3v) is 5.04. The Kier molecular flexibility index (Phi) is 7.04. The molecule has 138 valence electrons. The van der Waals surface area contributed by atoms with Gasteiger partial charge in [-0.05, 0) is 44.1 Å². The number of benzene rings is 1. The summed E-state index contributed by atoms with van der Waals surface area (Å²) in [6.45, 7) is 3.79. The average Bonchev–Trinajstić information content (AvgIpc) is 2.61. The lowest BCUT2D eigenvalue weighted by atomic mass is 9.96. The van der Waals surface area contributed by atoms with Gasteiger partial charge in [0.25, 0.3) is 5.91 Å². The summed E-state index contributed by atoms with van der Waals surface area (Å²) in [6, 6.07) is 3.79. The van der Waals surface area contributed by atoms with Crippen LogP contribution in [0.15, 0.2) is 18.2 Å². The van der Waals surface area contributed by atoms with Gasteiger partial charge in [-0.1, -0.05) is 11.6 Å². The molecule has 0 bridgehead atoms. The molecule has 0 radical (unpaired) electrons. The van der Waals surface area contributed by atoms with Crippen molar-refractivity contribution in [1.82, 2.24) is 15.1 Å². The third kappa shape index (κ3) is 4.63. The lowest BCUT2D eigenvalue weighted by Crippen LogP contribution is -2.52. The van der Waals surface area contributed by atoms with Crippen LogP contribution in [0.2, 0.25) is 5.02 Å². The van der Waals surface area contributed by atoms with Gasteiger partial charge >= 0.3 is 0 Å². The van der Waals surface area contributed by atoms with Gasteiger partial charge in [-0.3, -0.25) is 9.59 Å². The van der Waals surface area contributed by atoms with Crippen LogP contribution in [0.4, 0.5) is 4.39 Å². The van der Waals surface area contributed by atoms with Crippen molar-refractivity contribution >= 4 is 35.8 Å². The summed E-state index contributed by atoms with van der Waals surface area (Å²) >= 11 is 5.97. The molecule has 2 fully saturated rings. The van der Waals surface area contributed by atoms with Crippen LogP contribution >= 0.6 is 24.0 Å². The molecule has 2 amide bonds. The van der Waals surface area contributed by atoms with Gasteiger partial charge in [0.2, 0.25) is 5.91 Å². The normalized spacial score (nSPS) is 18.6. The van der Waals surface area contributed by atoms with Crippen molar-refractivity contribution in [2.45, 2.75) is 12.8 Å². The second kappa shape index (κ2) is 8.83. The number of nitrogens with zero attached hydrogens (tertiary/aromatic N) is 2. The van der Waals surface area contributed by atoms with Gasteiger partial charge in [-0.2, -0.15) is 0 Å². The number of piperidine rings is 1. The number of rotatable bonds is 2. The van der Waals surface area contributed by atoms with E-state index in [9.17, 15) is 14.0 Å². The molecule has 0 aliphatic carbocycles. The number of halogens is 3. The number of hydrogen-bond donors (Lipinski definition) is 1. The Hall–Kier alpha value is -1.37. The lowest BCUT2D eigenvalue weighted by Gasteiger charge is -2.37. The largest absolute Gasteiger partial charge is 0.339 e. The maximum Gasteiger partial charge on any atom is 0.255 e. The topological polar surface area (TPSA) is 52.7 Å². The zero-order valence-electron chi connectivity index (χ0n) is 13.8. The second-order valence-corrected chi connectivity index (χ2v) is 6.67. The minimum atomic E-state index is -0.464. The Balaban J connectivity index is 0.00000225. The van der Waals surface area contributed by atoms with E-state index in [1.165, 1.54) is 12.1 Å². The predicted molar refractivity (Wildman–Crippen MR) is 96.7 cm³/mol. The van der Waals surface area contributed by atoms with Crippen molar-refractivity contribution in [3.63, 3.8) is 0 Å². The molecule has 1 aromatic rings. The zero-order valence-corrected chi connectivity index (χ0v) is 15.4. The molecule has 2 saturated heterocycles. The quantitative estimate of drug-likeness (QED) is 0.843. The highest BCUT2D eigenvalue weighted by Crippen LogP contribution is 2.21. The van der Waals surface area contributed by atoms with E-state index >= 15 is 0 Å². The van der Waals surface area contributed by atoms with Gasteiger partial charge in [0.15, 0.2) is 0 Å². The minimum Gasteiger partial charge on any atom is -0.339 e. The van der Waals surface area contributed by atoms with Gasteiger partial charge in [0.05, 0.1) is 10.6 Å². The molecule has 1 aromatic carbocycles. The van der Waals surface area contributed by atoms with E-state index in [0.29, 0.717) is 31.7 Å². The standard InChI is InChI=1S/C17H21ClFN3O2.ClH/c18-15-11-13(19)1-2-14(15)17(24)22-9-7-21(8-10-22)16(23)12-3-5-20-6-4-12;/h1-2,11-12,20H,3-10H2;1H. The molecule has 2 aliphatic rings. The fourth-order valence-corrected chi connectivity index (χ4v) is 3.54. The van der Waals surface area contributed by atoms with E-state index in [4.69, 9.17) is 11.6 Å². The first-order valence-corrected chi connectivity index (χ1v) is 8.68. The van der Waals surface area contributed by atoms with E-state index in [0.717, 1.165) is 32.0 Å². The maximum absolute atomic E-state index is 13.1. The molecule has 3 rings (SSSR count). The number of amides is 2. The van der Waals surface area contributed by atoms with Gasteiger partial charge in [-0.25, -0.2) is 4.39 Å². The van der Waals surface area contributed by atoms with Crippen molar-refractivity contribution in [2.75, 3.05) is 39.3 Å². The molecule has 0 saturated carbocycles. The first kappa shape index (κ1) is 19.9. The van der Waals surface area contributed by atoms with Gasteiger partial charge < -0.3 is 15.1 Å². The summed E-state index contributed by atoms with van der Waals surface area (Å²) in [5, 5.41) is 3.38. The summed E-state index contributed by atoms with van der Waals surface area (Å²) in [5.74, 6) is -0.383. The molecular weight excluding hydrogens is 368 g/mol. The highest BCUT2D eigenvalue weighted by atomic mass is 35.5. The third-order valence-electron chi connectivity index (χ3n) is 4.73. The first-order chi connectivity index (χ1) is 11.6.